The number of benzene rings is 1. The zero-order chi connectivity index (χ0) is 18.2. The second-order valence-corrected chi connectivity index (χ2v) is 5.01. The third-order valence-electron chi connectivity index (χ3n) is 3.30. The van der Waals surface area contributed by atoms with E-state index in [9.17, 15) is 26.3 Å². The van der Waals surface area contributed by atoms with E-state index in [2.05, 4.69) is 15.1 Å². The van der Waals surface area contributed by atoms with Crippen LogP contribution in [0.15, 0.2) is 49.1 Å². The van der Waals surface area contributed by atoms with Crippen LogP contribution in [0, 0.1) is 0 Å². The van der Waals surface area contributed by atoms with Crippen molar-refractivity contribution in [3.8, 4) is 17.1 Å². The summed E-state index contributed by atoms with van der Waals surface area (Å²) in [5.74, 6) is -0.151. The van der Waals surface area contributed by atoms with Gasteiger partial charge in [0.05, 0.1) is 16.8 Å². The first kappa shape index (κ1) is 16.9. The van der Waals surface area contributed by atoms with Crippen LogP contribution in [0.2, 0.25) is 0 Å². The fourth-order valence-electron chi connectivity index (χ4n) is 2.10. The SMILES string of the molecule is FC(F)(F)c1ccc(-c2cc(C(F)(F)F)cc(-n3cncn3)n2)cc1. The van der Waals surface area contributed by atoms with Gasteiger partial charge < -0.3 is 0 Å². The van der Waals surface area contributed by atoms with E-state index in [1.807, 2.05) is 0 Å². The molecule has 0 atom stereocenters. The Labute approximate surface area is 136 Å². The van der Waals surface area contributed by atoms with Gasteiger partial charge in [-0.3, -0.25) is 0 Å². The van der Waals surface area contributed by atoms with Crippen LogP contribution in [-0.2, 0) is 12.4 Å². The van der Waals surface area contributed by atoms with Crippen molar-refractivity contribution in [1.29, 1.82) is 0 Å². The molecule has 3 aromatic rings. The van der Waals surface area contributed by atoms with Gasteiger partial charge in [0.15, 0.2) is 5.82 Å². The lowest BCUT2D eigenvalue weighted by Gasteiger charge is -2.12. The van der Waals surface area contributed by atoms with Crippen molar-refractivity contribution >= 4 is 0 Å². The van der Waals surface area contributed by atoms with E-state index in [0.29, 0.717) is 0 Å². The van der Waals surface area contributed by atoms with Gasteiger partial charge in [0.25, 0.3) is 0 Å². The highest BCUT2D eigenvalue weighted by Crippen LogP contribution is 2.34. The van der Waals surface area contributed by atoms with Crippen LogP contribution in [0.4, 0.5) is 26.3 Å². The van der Waals surface area contributed by atoms with Crippen molar-refractivity contribution in [2.45, 2.75) is 12.4 Å². The monoisotopic (exact) mass is 358 g/mol. The zero-order valence-electron chi connectivity index (χ0n) is 12.2. The molecule has 0 spiro atoms. The summed E-state index contributed by atoms with van der Waals surface area (Å²) in [6, 6.07) is 5.25. The van der Waals surface area contributed by atoms with Gasteiger partial charge in [-0.1, -0.05) is 12.1 Å². The third-order valence-corrected chi connectivity index (χ3v) is 3.30. The maximum absolute atomic E-state index is 13.1. The lowest BCUT2D eigenvalue weighted by Crippen LogP contribution is -2.09. The number of aromatic nitrogens is 4. The van der Waals surface area contributed by atoms with Gasteiger partial charge in [0.2, 0.25) is 0 Å². The Balaban J connectivity index is 2.10. The van der Waals surface area contributed by atoms with E-state index >= 15 is 0 Å². The summed E-state index contributed by atoms with van der Waals surface area (Å²) < 4.78 is 78.2. The van der Waals surface area contributed by atoms with E-state index in [1.165, 1.54) is 6.33 Å². The smallest absolute Gasteiger partial charge is 0.229 e. The molecule has 0 radical (unpaired) electrons. The standard InChI is InChI=1S/C15H8F6N4/c16-14(17,18)10-3-1-9(2-4-10)12-5-11(15(19,20)21)6-13(24-12)25-8-22-7-23-25/h1-8H. The summed E-state index contributed by atoms with van der Waals surface area (Å²) >= 11 is 0. The molecule has 0 aliphatic carbocycles. The molecule has 10 heteroatoms. The molecule has 0 amide bonds. The van der Waals surface area contributed by atoms with Crippen molar-refractivity contribution in [1.82, 2.24) is 19.7 Å². The Morgan fingerprint density at radius 3 is 1.96 bits per heavy atom. The lowest BCUT2D eigenvalue weighted by molar-refractivity contribution is -0.138. The number of hydrogen-bond acceptors (Lipinski definition) is 3. The van der Waals surface area contributed by atoms with Crippen LogP contribution < -0.4 is 0 Å². The Morgan fingerprint density at radius 1 is 0.800 bits per heavy atom. The molecule has 0 saturated heterocycles. The van der Waals surface area contributed by atoms with Crippen LogP contribution >= 0.6 is 0 Å². The molecule has 1 aromatic carbocycles. The lowest BCUT2D eigenvalue weighted by atomic mass is 10.1. The van der Waals surface area contributed by atoms with E-state index in [0.717, 1.165) is 47.4 Å². The molecular weight excluding hydrogens is 350 g/mol. The van der Waals surface area contributed by atoms with Crippen molar-refractivity contribution < 1.29 is 26.3 Å². The van der Waals surface area contributed by atoms with Crippen LogP contribution in [0.25, 0.3) is 17.1 Å². The molecule has 0 aliphatic rings. The number of alkyl halides is 6. The largest absolute Gasteiger partial charge is 0.416 e. The first-order chi connectivity index (χ1) is 11.6. The zero-order valence-corrected chi connectivity index (χ0v) is 12.2. The molecule has 0 fully saturated rings. The molecule has 25 heavy (non-hydrogen) atoms. The number of rotatable bonds is 2. The second kappa shape index (κ2) is 5.87. The van der Waals surface area contributed by atoms with Crippen LogP contribution in [0.5, 0.6) is 0 Å². The summed E-state index contributed by atoms with van der Waals surface area (Å²) in [6.07, 6.45) is -6.90. The highest BCUT2D eigenvalue weighted by molar-refractivity contribution is 5.62. The summed E-state index contributed by atoms with van der Waals surface area (Å²) in [5, 5.41) is 3.72. The van der Waals surface area contributed by atoms with E-state index in [1.54, 1.807) is 0 Å². The Hall–Kier alpha value is -2.91. The summed E-state index contributed by atoms with van der Waals surface area (Å²) in [7, 11) is 0. The van der Waals surface area contributed by atoms with Gasteiger partial charge in [-0.15, -0.1) is 0 Å². The molecule has 0 unspecified atom stereocenters. The minimum atomic E-state index is -4.65. The average molecular weight is 358 g/mol. The highest BCUT2D eigenvalue weighted by atomic mass is 19.4. The fourth-order valence-corrected chi connectivity index (χ4v) is 2.10. The minimum Gasteiger partial charge on any atom is -0.229 e. The molecule has 0 aliphatic heterocycles. The number of halogens is 6. The van der Waals surface area contributed by atoms with Crippen LogP contribution in [0.3, 0.4) is 0 Å². The molecule has 4 nitrogen and oxygen atoms in total. The van der Waals surface area contributed by atoms with Gasteiger partial charge in [0, 0.05) is 5.56 Å². The molecular formula is C15H8F6N4. The predicted molar refractivity (Wildman–Crippen MR) is 74.6 cm³/mol. The predicted octanol–water partition coefficient (Wildman–Crippen LogP) is 4.37. The van der Waals surface area contributed by atoms with Crippen molar-refractivity contribution in [3.63, 3.8) is 0 Å². The minimum absolute atomic E-state index is 0.112. The average Bonchev–Trinajstić information content (AvgIpc) is 3.07. The molecule has 2 aromatic heterocycles. The molecule has 130 valence electrons. The Bertz CT molecular complexity index is 867. The van der Waals surface area contributed by atoms with Gasteiger partial charge >= 0.3 is 12.4 Å². The third kappa shape index (κ3) is 3.62. The van der Waals surface area contributed by atoms with Crippen LogP contribution in [-0.4, -0.2) is 19.7 Å². The molecule has 0 saturated carbocycles. The topological polar surface area (TPSA) is 43.6 Å². The number of hydrogen-bond donors (Lipinski definition) is 0. The molecule has 0 bridgehead atoms. The molecule has 3 rings (SSSR count). The van der Waals surface area contributed by atoms with Gasteiger partial charge in [0.1, 0.15) is 12.7 Å². The van der Waals surface area contributed by atoms with Crippen molar-refractivity contribution in [2.75, 3.05) is 0 Å². The van der Waals surface area contributed by atoms with Crippen molar-refractivity contribution in [2.24, 2.45) is 0 Å². The van der Waals surface area contributed by atoms with Gasteiger partial charge in [-0.25, -0.2) is 14.6 Å². The number of pyridine rings is 1. The molecule has 0 N–H and O–H groups in total. The van der Waals surface area contributed by atoms with Gasteiger partial charge in [-0.2, -0.15) is 31.4 Å². The first-order valence-electron chi connectivity index (χ1n) is 6.76. The normalized spacial score (nSPS) is 12.4. The van der Waals surface area contributed by atoms with Crippen molar-refractivity contribution in [3.05, 3.63) is 60.2 Å². The Kier molecular flexibility index (Phi) is 3.97. The fraction of sp³-hybridized carbons (Fsp3) is 0.133. The van der Waals surface area contributed by atoms with E-state index in [-0.39, 0.29) is 17.1 Å². The van der Waals surface area contributed by atoms with Gasteiger partial charge in [-0.05, 0) is 24.3 Å². The summed E-state index contributed by atoms with van der Waals surface area (Å²) in [4.78, 5) is 7.67. The van der Waals surface area contributed by atoms with Crippen LogP contribution in [0.1, 0.15) is 11.1 Å². The maximum atomic E-state index is 13.1. The first-order valence-corrected chi connectivity index (χ1v) is 6.76. The summed E-state index contributed by atoms with van der Waals surface area (Å²) in [5.41, 5.74) is -1.92. The van der Waals surface area contributed by atoms with E-state index < -0.39 is 23.5 Å². The Morgan fingerprint density at radius 2 is 1.44 bits per heavy atom. The number of nitrogens with zero attached hydrogens (tertiary/aromatic N) is 4. The second-order valence-electron chi connectivity index (χ2n) is 5.01. The summed E-state index contributed by atoms with van der Waals surface area (Å²) in [6.45, 7) is 0. The van der Waals surface area contributed by atoms with E-state index in [4.69, 9.17) is 0 Å². The quantitative estimate of drug-likeness (QED) is 0.639. The maximum Gasteiger partial charge on any atom is 0.416 e. The highest BCUT2D eigenvalue weighted by Gasteiger charge is 2.33. The molecule has 2 heterocycles.